The highest BCUT2D eigenvalue weighted by Crippen LogP contribution is 2.21. The number of carbonyl (C=O) groups excluding carboxylic acids is 1. The molecule has 138 valence electrons. The van der Waals surface area contributed by atoms with Gasteiger partial charge in [-0.25, -0.2) is 0 Å². The van der Waals surface area contributed by atoms with Crippen LogP contribution in [0.25, 0.3) is 0 Å². The number of benzene rings is 2. The number of hydrogen-bond acceptors (Lipinski definition) is 2. The van der Waals surface area contributed by atoms with Crippen LogP contribution in [0.1, 0.15) is 36.5 Å². The van der Waals surface area contributed by atoms with Crippen LogP contribution in [0.15, 0.2) is 54.6 Å². The van der Waals surface area contributed by atoms with Crippen LogP contribution in [0.5, 0.6) is 0 Å². The molecule has 2 aromatic rings. The standard InChI is InChI=1S/C23H30N2O/c1-3-19-11-13-21(14-12-19)17-25-15-7-10-22(18-25)23(26)24(2)16-20-8-5-4-6-9-20/h4-6,8-9,11-14,22H,3,7,10,15-18H2,1-2H3/t22-/m0/s1. The molecule has 3 nitrogen and oxygen atoms in total. The van der Waals surface area contributed by atoms with Crippen molar-refractivity contribution in [3.8, 4) is 0 Å². The fraction of sp³-hybridized carbons (Fsp3) is 0.435. The lowest BCUT2D eigenvalue weighted by Crippen LogP contribution is -2.43. The number of likely N-dealkylation sites (tertiary alicyclic amines) is 1. The van der Waals surface area contributed by atoms with Gasteiger partial charge in [0.15, 0.2) is 0 Å². The molecule has 0 aromatic heterocycles. The van der Waals surface area contributed by atoms with E-state index in [9.17, 15) is 4.79 Å². The van der Waals surface area contributed by atoms with Crippen molar-refractivity contribution in [2.75, 3.05) is 20.1 Å². The lowest BCUT2D eigenvalue weighted by Gasteiger charge is -2.34. The second-order valence-corrected chi connectivity index (χ2v) is 7.42. The SMILES string of the molecule is CCc1ccc(CN2CCC[C@H](C(=O)N(C)Cc3ccccc3)C2)cc1. The summed E-state index contributed by atoms with van der Waals surface area (Å²) in [5, 5.41) is 0. The number of hydrogen-bond donors (Lipinski definition) is 0. The average Bonchev–Trinajstić information content (AvgIpc) is 2.69. The Hall–Kier alpha value is -2.13. The molecule has 0 bridgehead atoms. The first-order valence-corrected chi connectivity index (χ1v) is 9.74. The fourth-order valence-corrected chi connectivity index (χ4v) is 3.79. The summed E-state index contributed by atoms with van der Waals surface area (Å²) >= 11 is 0. The Morgan fingerprint density at radius 1 is 1.04 bits per heavy atom. The van der Waals surface area contributed by atoms with E-state index in [1.165, 1.54) is 16.7 Å². The van der Waals surface area contributed by atoms with E-state index in [4.69, 9.17) is 0 Å². The van der Waals surface area contributed by atoms with Gasteiger partial charge in [-0.3, -0.25) is 9.69 Å². The zero-order valence-electron chi connectivity index (χ0n) is 16.0. The van der Waals surface area contributed by atoms with E-state index in [0.717, 1.165) is 38.9 Å². The third-order valence-corrected chi connectivity index (χ3v) is 5.33. The Morgan fingerprint density at radius 2 is 1.73 bits per heavy atom. The molecule has 0 saturated carbocycles. The summed E-state index contributed by atoms with van der Waals surface area (Å²) in [7, 11) is 1.93. The van der Waals surface area contributed by atoms with Gasteiger partial charge in [-0.1, -0.05) is 61.5 Å². The molecule has 1 heterocycles. The Morgan fingerprint density at radius 3 is 2.42 bits per heavy atom. The number of amides is 1. The zero-order chi connectivity index (χ0) is 18.4. The third kappa shape index (κ3) is 4.95. The highest BCUT2D eigenvalue weighted by Gasteiger charge is 2.27. The van der Waals surface area contributed by atoms with Crippen LogP contribution < -0.4 is 0 Å². The summed E-state index contributed by atoms with van der Waals surface area (Å²) in [6, 6.07) is 19.1. The quantitative estimate of drug-likeness (QED) is 0.782. The van der Waals surface area contributed by atoms with Crippen molar-refractivity contribution in [2.24, 2.45) is 5.92 Å². The molecule has 1 aliphatic heterocycles. The molecule has 2 aromatic carbocycles. The molecule has 3 rings (SSSR count). The minimum atomic E-state index is 0.118. The smallest absolute Gasteiger partial charge is 0.227 e. The number of aryl methyl sites for hydroxylation is 1. The fourth-order valence-electron chi connectivity index (χ4n) is 3.79. The molecule has 1 saturated heterocycles. The summed E-state index contributed by atoms with van der Waals surface area (Å²) in [5.74, 6) is 0.396. The Kier molecular flexibility index (Phi) is 6.45. The maximum Gasteiger partial charge on any atom is 0.227 e. The summed E-state index contributed by atoms with van der Waals surface area (Å²) < 4.78 is 0. The predicted octanol–water partition coefficient (Wildman–Crippen LogP) is 4.12. The van der Waals surface area contributed by atoms with Crippen LogP contribution in [0.2, 0.25) is 0 Å². The van der Waals surface area contributed by atoms with Crippen LogP contribution >= 0.6 is 0 Å². The summed E-state index contributed by atoms with van der Waals surface area (Å²) in [6.45, 7) is 5.77. The number of rotatable bonds is 6. The van der Waals surface area contributed by atoms with Crippen molar-refractivity contribution in [2.45, 2.75) is 39.3 Å². The molecule has 1 amide bonds. The van der Waals surface area contributed by atoms with Crippen LogP contribution in [0.4, 0.5) is 0 Å². The van der Waals surface area contributed by atoms with Crippen molar-refractivity contribution < 1.29 is 4.79 Å². The first-order chi connectivity index (χ1) is 12.7. The van der Waals surface area contributed by atoms with Gasteiger partial charge in [-0.15, -0.1) is 0 Å². The molecule has 1 fully saturated rings. The van der Waals surface area contributed by atoms with Crippen molar-refractivity contribution >= 4 is 5.91 Å². The number of piperidine rings is 1. The lowest BCUT2D eigenvalue weighted by atomic mass is 9.96. The molecule has 1 atom stereocenters. The maximum atomic E-state index is 12.9. The maximum absolute atomic E-state index is 12.9. The molecule has 3 heteroatoms. The Labute approximate surface area is 157 Å². The molecule has 26 heavy (non-hydrogen) atoms. The minimum absolute atomic E-state index is 0.118. The second kappa shape index (κ2) is 9.00. The highest BCUT2D eigenvalue weighted by molar-refractivity contribution is 5.78. The van der Waals surface area contributed by atoms with Crippen molar-refractivity contribution in [1.29, 1.82) is 0 Å². The van der Waals surface area contributed by atoms with E-state index >= 15 is 0 Å². The van der Waals surface area contributed by atoms with Crippen LogP contribution in [0.3, 0.4) is 0 Å². The number of nitrogens with zero attached hydrogens (tertiary/aromatic N) is 2. The summed E-state index contributed by atoms with van der Waals surface area (Å²) in [5.41, 5.74) is 3.91. The average molecular weight is 351 g/mol. The van der Waals surface area contributed by atoms with Crippen molar-refractivity contribution in [3.63, 3.8) is 0 Å². The van der Waals surface area contributed by atoms with Gasteiger partial charge in [0.1, 0.15) is 0 Å². The van der Waals surface area contributed by atoms with Gasteiger partial charge in [0.2, 0.25) is 5.91 Å². The Bertz CT molecular complexity index is 696. The lowest BCUT2D eigenvalue weighted by molar-refractivity contribution is -0.136. The van der Waals surface area contributed by atoms with E-state index in [0.29, 0.717) is 6.54 Å². The zero-order valence-corrected chi connectivity index (χ0v) is 16.0. The van der Waals surface area contributed by atoms with Crippen LogP contribution in [-0.4, -0.2) is 35.8 Å². The van der Waals surface area contributed by atoms with Gasteiger partial charge >= 0.3 is 0 Å². The Balaban J connectivity index is 1.55. The molecule has 0 unspecified atom stereocenters. The van der Waals surface area contributed by atoms with E-state index in [-0.39, 0.29) is 11.8 Å². The summed E-state index contributed by atoms with van der Waals surface area (Å²) in [4.78, 5) is 17.2. The van der Waals surface area contributed by atoms with Gasteiger partial charge < -0.3 is 4.90 Å². The normalized spacial score (nSPS) is 17.8. The first-order valence-electron chi connectivity index (χ1n) is 9.74. The monoisotopic (exact) mass is 350 g/mol. The molecular formula is C23H30N2O. The largest absolute Gasteiger partial charge is 0.341 e. The van der Waals surface area contributed by atoms with Gasteiger partial charge in [0, 0.05) is 26.7 Å². The molecule has 0 aliphatic carbocycles. The van der Waals surface area contributed by atoms with E-state index in [2.05, 4.69) is 48.2 Å². The molecule has 0 N–H and O–H groups in total. The van der Waals surface area contributed by atoms with Crippen molar-refractivity contribution in [1.82, 2.24) is 9.80 Å². The third-order valence-electron chi connectivity index (χ3n) is 5.33. The molecule has 0 spiro atoms. The van der Waals surface area contributed by atoms with E-state index in [1.807, 2.05) is 30.1 Å². The molecular weight excluding hydrogens is 320 g/mol. The van der Waals surface area contributed by atoms with Crippen LogP contribution in [0, 0.1) is 5.92 Å². The van der Waals surface area contributed by atoms with Gasteiger partial charge in [0.05, 0.1) is 5.92 Å². The van der Waals surface area contributed by atoms with Gasteiger partial charge in [0.25, 0.3) is 0 Å². The summed E-state index contributed by atoms with van der Waals surface area (Å²) in [6.07, 6.45) is 3.18. The highest BCUT2D eigenvalue weighted by atomic mass is 16.2. The molecule has 0 radical (unpaired) electrons. The van der Waals surface area contributed by atoms with Crippen molar-refractivity contribution in [3.05, 3.63) is 71.3 Å². The van der Waals surface area contributed by atoms with E-state index in [1.54, 1.807) is 0 Å². The predicted molar refractivity (Wildman–Crippen MR) is 107 cm³/mol. The van der Waals surface area contributed by atoms with Gasteiger partial charge in [-0.05, 0) is 42.5 Å². The van der Waals surface area contributed by atoms with Crippen LogP contribution in [-0.2, 0) is 24.3 Å². The number of carbonyl (C=O) groups is 1. The minimum Gasteiger partial charge on any atom is -0.341 e. The van der Waals surface area contributed by atoms with Gasteiger partial charge in [-0.2, -0.15) is 0 Å². The second-order valence-electron chi connectivity index (χ2n) is 7.42. The van der Waals surface area contributed by atoms with E-state index < -0.39 is 0 Å². The molecule has 1 aliphatic rings. The first kappa shape index (κ1) is 18.7. The topological polar surface area (TPSA) is 23.6 Å².